The van der Waals surface area contributed by atoms with Crippen molar-refractivity contribution in [3.8, 4) is 0 Å². The van der Waals surface area contributed by atoms with E-state index in [1.807, 2.05) is 13.8 Å². The summed E-state index contributed by atoms with van der Waals surface area (Å²) in [6.45, 7) is 4.60. The van der Waals surface area contributed by atoms with Crippen LogP contribution in [0, 0.1) is 28.6 Å². The number of esters is 1. The van der Waals surface area contributed by atoms with Gasteiger partial charge in [0.15, 0.2) is 18.0 Å². The number of ketones is 2. The van der Waals surface area contributed by atoms with Gasteiger partial charge in [0.2, 0.25) is 5.78 Å². The van der Waals surface area contributed by atoms with Gasteiger partial charge in [0.25, 0.3) is 0 Å². The Morgan fingerprint density at radius 1 is 1.18 bits per heavy atom. The number of methoxy groups -OCH3 is 1. The average molecular weight is 565 g/mol. The summed E-state index contributed by atoms with van der Waals surface area (Å²) in [4.78, 5) is 62.4. The Labute approximate surface area is 232 Å². The predicted octanol–water partition coefficient (Wildman–Crippen LogP) is 4.17. The van der Waals surface area contributed by atoms with E-state index in [1.54, 1.807) is 13.0 Å². The molecule has 4 aliphatic carbocycles. The fraction of sp³-hybridized carbons (Fsp3) is 0.690. The van der Waals surface area contributed by atoms with Crippen LogP contribution >= 0.6 is 0 Å². The summed E-state index contributed by atoms with van der Waals surface area (Å²) in [7, 11) is 1.08. The second-order valence-corrected chi connectivity index (χ2v) is 11.8. The molecule has 1 unspecified atom stereocenters. The molecule has 4 rings (SSSR count). The largest absolute Gasteiger partial charge is 0.517 e. The van der Waals surface area contributed by atoms with Crippen molar-refractivity contribution in [2.45, 2.75) is 83.6 Å². The van der Waals surface area contributed by atoms with Crippen LogP contribution in [0.5, 0.6) is 0 Å². The number of halogens is 1. The minimum absolute atomic E-state index is 0.00146. The van der Waals surface area contributed by atoms with E-state index in [-0.39, 0.29) is 37.4 Å². The van der Waals surface area contributed by atoms with Crippen molar-refractivity contribution in [2.75, 3.05) is 13.7 Å². The Balaban J connectivity index is 1.69. The van der Waals surface area contributed by atoms with Gasteiger partial charge in [-0.15, -0.1) is 0 Å². The topological polar surface area (TPSA) is 143 Å². The summed E-state index contributed by atoms with van der Waals surface area (Å²) in [5.41, 5.74) is -3.70. The van der Waals surface area contributed by atoms with Crippen molar-refractivity contribution in [1.82, 2.24) is 0 Å². The molecule has 0 heterocycles. The number of rotatable bonds is 7. The molecule has 8 atom stereocenters. The highest BCUT2D eigenvalue weighted by Crippen LogP contribution is 2.68. The minimum atomic E-state index is -1.92. The highest BCUT2D eigenvalue weighted by molar-refractivity contribution is 6.01. The zero-order chi connectivity index (χ0) is 29.5. The maximum absolute atomic E-state index is 15.7. The van der Waals surface area contributed by atoms with Crippen LogP contribution in [-0.4, -0.2) is 66.5 Å². The van der Waals surface area contributed by atoms with Crippen molar-refractivity contribution in [3.63, 3.8) is 0 Å². The minimum Gasteiger partial charge on any atom is -0.438 e. The Kier molecular flexibility index (Phi) is 8.27. The van der Waals surface area contributed by atoms with E-state index in [1.165, 1.54) is 12.2 Å². The standard InChI is InChI=1S/C29H37FO10/c1-5-6-7-23(34)39-26(36)40-29(22(33)15-38-25(35)37-4)11-9-18-17-13-20(30)19-12-16(31)8-10-27(19,2)24(17)21(32)14-28(18,29)3/h8,10,12,17-18,20-21,24,32H,5-7,9,11,13-15H2,1-4H3/t17-,18-,20-,21?,24+,27-,28-,29-/m0/s1. The molecule has 0 amide bonds. The van der Waals surface area contributed by atoms with Crippen LogP contribution in [0.15, 0.2) is 23.8 Å². The van der Waals surface area contributed by atoms with E-state index in [0.717, 1.165) is 7.11 Å². The first-order valence-corrected chi connectivity index (χ1v) is 13.8. The molecule has 0 aliphatic heterocycles. The molecule has 40 heavy (non-hydrogen) atoms. The molecule has 4 aliphatic rings. The Hall–Kier alpha value is -3.08. The van der Waals surface area contributed by atoms with Gasteiger partial charge >= 0.3 is 18.3 Å². The number of Topliss-reactive ketones (excluding diaryl/α,β-unsaturated/α-hetero) is 1. The molecule has 220 valence electrons. The molecule has 0 aromatic carbocycles. The molecular formula is C29H37FO10. The van der Waals surface area contributed by atoms with Gasteiger partial charge in [-0.05, 0) is 61.7 Å². The summed E-state index contributed by atoms with van der Waals surface area (Å²) in [5.74, 6) is -3.12. The maximum Gasteiger partial charge on any atom is 0.517 e. The number of aliphatic hydroxyl groups is 1. The predicted molar refractivity (Wildman–Crippen MR) is 136 cm³/mol. The van der Waals surface area contributed by atoms with Gasteiger partial charge in [-0.3, -0.25) is 14.4 Å². The van der Waals surface area contributed by atoms with Crippen LogP contribution in [0.4, 0.5) is 14.0 Å². The van der Waals surface area contributed by atoms with E-state index >= 15 is 4.39 Å². The van der Waals surface area contributed by atoms with Gasteiger partial charge in [-0.1, -0.05) is 33.3 Å². The van der Waals surface area contributed by atoms with E-state index in [0.29, 0.717) is 24.8 Å². The van der Waals surface area contributed by atoms with E-state index in [4.69, 9.17) is 14.2 Å². The smallest absolute Gasteiger partial charge is 0.438 e. The number of ether oxygens (including phenoxy) is 4. The molecule has 0 radical (unpaired) electrons. The highest BCUT2D eigenvalue weighted by atomic mass is 19.1. The number of alkyl halides is 1. The number of fused-ring (bicyclic) bond motifs is 5. The fourth-order valence-corrected chi connectivity index (χ4v) is 7.93. The van der Waals surface area contributed by atoms with E-state index < -0.39 is 71.2 Å². The lowest BCUT2D eigenvalue weighted by Gasteiger charge is -2.60. The maximum atomic E-state index is 15.7. The van der Waals surface area contributed by atoms with Crippen LogP contribution in [0.25, 0.3) is 0 Å². The normalized spacial score (nSPS) is 37.8. The zero-order valence-corrected chi connectivity index (χ0v) is 23.3. The van der Waals surface area contributed by atoms with E-state index in [2.05, 4.69) is 4.74 Å². The van der Waals surface area contributed by atoms with Gasteiger partial charge in [0.1, 0.15) is 6.17 Å². The monoisotopic (exact) mass is 564 g/mol. The zero-order valence-electron chi connectivity index (χ0n) is 23.3. The third-order valence-corrected chi connectivity index (χ3v) is 9.72. The number of unbranched alkanes of at least 4 members (excludes halogenated alkanes) is 1. The molecule has 0 bridgehead atoms. The lowest BCUT2D eigenvalue weighted by Crippen LogP contribution is -2.64. The first kappa shape index (κ1) is 29.9. The first-order valence-electron chi connectivity index (χ1n) is 13.8. The number of hydrogen-bond acceptors (Lipinski definition) is 10. The molecule has 11 heteroatoms. The quantitative estimate of drug-likeness (QED) is 0.353. The highest BCUT2D eigenvalue weighted by Gasteiger charge is 2.71. The van der Waals surface area contributed by atoms with Crippen LogP contribution in [0.2, 0.25) is 0 Å². The molecule has 0 saturated heterocycles. The van der Waals surface area contributed by atoms with Gasteiger partial charge in [-0.25, -0.2) is 14.0 Å². The molecule has 0 aromatic heterocycles. The number of hydrogen-bond donors (Lipinski definition) is 1. The van der Waals surface area contributed by atoms with Crippen molar-refractivity contribution in [2.24, 2.45) is 28.6 Å². The molecular weight excluding hydrogens is 527 g/mol. The Morgan fingerprint density at radius 2 is 1.90 bits per heavy atom. The third-order valence-electron chi connectivity index (χ3n) is 9.72. The number of allylic oxidation sites excluding steroid dienone is 4. The summed E-state index contributed by atoms with van der Waals surface area (Å²) < 4.78 is 35.6. The third kappa shape index (κ3) is 4.86. The number of carbonyl (C=O) groups is 5. The van der Waals surface area contributed by atoms with Crippen molar-refractivity contribution < 1.29 is 52.4 Å². The van der Waals surface area contributed by atoms with Crippen LogP contribution in [-0.2, 0) is 33.3 Å². The second kappa shape index (κ2) is 11.1. The Morgan fingerprint density at radius 3 is 2.58 bits per heavy atom. The number of aliphatic hydroxyl groups excluding tert-OH is 1. The second-order valence-electron chi connectivity index (χ2n) is 11.8. The summed E-state index contributed by atoms with van der Waals surface area (Å²) >= 11 is 0. The average Bonchev–Trinajstić information content (AvgIpc) is 3.18. The molecule has 3 saturated carbocycles. The molecule has 0 spiro atoms. The lowest BCUT2D eigenvalue weighted by molar-refractivity contribution is -0.187. The van der Waals surface area contributed by atoms with Crippen molar-refractivity contribution in [1.29, 1.82) is 0 Å². The van der Waals surface area contributed by atoms with Crippen LogP contribution in [0.3, 0.4) is 0 Å². The van der Waals surface area contributed by atoms with Gasteiger partial charge in [-0.2, -0.15) is 0 Å². The molecule has 10 nitrogen and oxygen atoms in total. The SMILES string of the molecule is CCCCC(=O)OC(=O)O[C@]1(C(=O)COC(=O)OC)CC[C@H]2[C@@H]3C[C@H](F)C4=CC(=O)C=C[C@]4(C)[C@H]3C(O)C[C@@]21C. The molecule has 0 aromatic rings. The summed E-state index contributed by atoms with van der Waals surface area (Å²) in [6.07, 6.45) is 0.948. The van der Waals surface area contributed by atoms with Gasteiger partial charge in [0, 0.05) is 23.2 Å². The summed E-state index contributed by atoms with van der Waals surface area (Å²) in [5, 5.41) is 11.6. The lowest BCUT2D eigenvalue weighted by atomic mass is 9.46. The summed E-state index contributed by atoms with van der Waals surface area (Å²) in [6, 6.07) is 0. The van der Waals surface area contributed by atoms with Crippen molar-refractivity contribution in [3.05, 3.63) is 23.8 Å². The Bertz CT molecular complexity index is 1150. The fourth-order valence-electron chi connectivity index (χ4n) is 7.93. The molecule has 1 N–H and O–H groups in total. The van der Waals surface area contributed by atoms with E-state index in [9.17, 15) is 29.1 Å². The van der Waals surface area contributed by atoms with Crippen LogP contribution < -0.4 is 0 Å². The van der Waals surface area contributed by atoms with Gasteiger partial charge in [0.05, 0.1) is 13.2 Å². The first-order chi connectivity index (χ1) is 18.8. The van der Waals surface area contributed by atoms with Gasteiger partial charge < -0.3 is 24.1 Å². The molecule has 3 fully saturated rings. The van der Waals surface area contributed by atoms with Crippen molar-refractivity contribution >= 4 is 29.8 Å². The van der Waals surface area contributed by atoms with Crippen LogP contribution in [0.1, 0.15) is 65.7 Å². The number of carbonyl (C=O) groups excluding carboxylic acids is 5.